The van der Waals surface area contributed by atoms with Gasteiger partial charge in [-0.1, -0.05) is 48.2 Å². The Morgan fingerprint density at radius 2 is 1.88 bits per heavy atom. The molecule has 0 unspecified atom stereocenters. The highest BCUT2D eigenvalue weighted by atomic mass is 32.2. The predicted octanol–water partition coefficient (Wildman–Crippen LogP) is 5.67. The van der Waals surface area contributed by atoms with E-state index in [-0.39, 0.29) is 54.5 Å². The van der Waals surface area contributed by atoms with Crippen LogP contribution in [0.4, 0.5) is 0 Å². The number of fused-ring (bicyclic) bond motifs is 2. The molecule has 11 nitrogen and oxygen atoms in total. The highest BCUT2D eigenvalue weighted by Crippen LogP contribution is 2.36. The van der Waals surface area contributed by atoms with E-state index in [2.05, 4.69) is 31.3 Å². The van der Waals surface area contributed by atoms with Gasteiger partial charge in [0.15, 0.2) is 5.16 Å². The number of carbonyl (C=O) groups is 1. The molecule has 5 aromatic rings. The van der Waals surface area contributed by atoms with E-state index < -0.39 is 10.0 Å². The third-order valence-corrected chi connectivity index (χ3v) is 11.4. The Balaban J connectivity index is 1.38. The summed E-state index contributed by atoms with van der Waals surface area (Å²) in [5.74, 6) is -0.131. The minimum Gasteiger partial charge on any atom is -0.472 e. The second kappa shape index (κ2) is 14.1. The number of pyridine rings is 1. The summed E-state index contributed by atoms with van der Waals surface area (Å²) >= 11 is 1.45. The minimum absolute atomic E-state index is 0.0430. The fourth-order valence-corrected chi connectivity index (χ4v) is 8.06. The maximum absolute atomic E-state index is 13.9. The van der Waals surface area contributed by atoms with Crippen molar-refractivity contribution in [1.82, 2.24) is 34.3 Å². The molecule has 0 bridgehead atoms. The van der Waals surface area contributed by atoms with Crippen LogP contribution in [-0.2, 0) is 34.3 Å². The molecule has 0 N–H and O–H groups in total. The summed E-state index contributed by atoms with van der Waals surface area (Å²) in [6, 6.07) is 13.3. The lowest BCUT2D eigenvalue weighted by molar-refractivity contribution is -0.118. The molecular formula is C35H39N7O4S2. The quantitative estimate of drug-likeness (QED) is 0.127. The van der Waals surface area contributed by atoms with E-state index in [1.54, 1.807) is 30.7 Å². The van der Waals surface area contributed by atoms with Gasteiger partial charge in [-0.05, 0) is 85.0 Å². The van der Waals surface area contributed by atoms with Crippen molar-refractivity contribution in [3.8, 4) is 5.88 Å². The molecule has 250 valence electrons. The molecular weight excluding hydrogens is 647 g/mol. The lowest BCUT2D eigenvalue weighted by atomic mass is 9.82. The third-order valence-electron chi connectivity index (χ3n) is 8.97. The number of rotatable bonds is 11. The molecule has 0 saturated heterocycles. The van der Waals surface area contributed by atoms with Gasteiger partial charge in [0.25, 0.3) is 0 Å². The standard InChI is InChI=1S/C35H39N7O4S2/c1-6-28-21-41(48(44,45)32-9-8-14-36-34(32)46-28)20-26-16-25(11-10-22(26)3)30(17-27(43)15-24-18-37-35(47-5)38-19-24)29-12-13-31-33(23(29)4)39-40-42(31)7-2/h8-14,16,18-19,28,30H,6-7,15,17,20-21H2,1-5H3/t28-,30+/m1/s1. The van der Waals surface area contributed by atoms with E-state index in [9.17, 15) is 13.2 Å². The van der Waals surface area contributed by atoms with Gasteiger partial charge in [-0.25, -0.2) is 28.1 Å². The number of carbonyl (C=O) groups excluding carboxylic acids is 1. The van der Waals surface area contributed by atoms with E-state index in [0.717, 1.165) is 44.4 Å². The van der Waals surface area contributed by atoms with E-state index in [1.807, 2.05) is 62.9 Å². The van der Waals surface area contributed by atoms with Crippen LogP contribution in [0.25, 0.3) is 11.0 Å². The number of sulfonamides is 1. The zero-order chi connectivity index (χ0) is 34.0. The highest BCUT2D eigenvalue weighted by molar-refractivity contribution is 7.98. The summed E-state index contributed by atoms with van der Waals surface area (Å²) in [5, 5.41) is 9.46. The second-order valence-electron chi connectivity index (χ2n) is 12.0. The van der Waals surface area contributed by atoms with Crippen LogP contribution in [0.15, 0.2) is 71.1 Å². The van der Waals surface area contributed by atoms with Crippen molar-refractivity contribution < 1.29 is 17.9 Å². The number of hydrogen-bond donors (Lipinski definition) is 0. The zero-order valence-electron chi connectivity index (χ0n) is 27.8. The van der Waals surface area contributed by atoms with Crippen LogP contribution in [0.2, 0.25) is 0 Å². The molecule has 0 radical (unpaired) electrons. The Morgan fingerprint density at radius 3 is 2.60 bits per heavy atom. The van der Waals surface area contributed by atoms with Crippen molar-refractivity contribution in [3.63, 3.8) is 0 Å². The predicted molar refractivity (Wildman–Crippen MR) is 185 cm³/mol. The van der Waals surface area contributed by atoms with Crippen LogP contribution in [-0.4, -0.2) is 67.4 Å². The van der Waals surface area contributed by atoms with Gasteiger partial charge in [-0.2, -0.15) is 4.31 Å². The fourth-order valence-electron chi connectivity index (χ4n) is 6.22. The number of ether oxygens (including phenoxy) is 1. The second-order valence-corrected chi connectivity index (χ2v) is 14.7. The van der Waals surface area contributed by atoms with Crippen molar-refractivity contribution in [2.45, 2.75) is 82.1 Å². The molecule has 0 fully saturated rings. The maximum atomic E-state index is 13.9. The normalized spacial score (nSPS) is 16.6. The average Bonchev–Trinajstić information content (AvgIpc) is 3.48. The minimum atomic E-state index is -3.89. The number of hydrogen-bond acceptors (Lipinski definition) is 10. The number of ketones is 1. The van der Waals surface area contributed by atoms with Crippen molar-refractivity contribution in [3.05, 3.63) is 94.4 Å². The average molecular weight is 686 g/mol. The van der Waals surface area contributed by atoms with Crippen LogP contribution in [0, 0.1) is 13.8 Å². The lowest BCUT2D eigenvalue weighted by Gasteiger charge is -2.25. The molecule has 0 spiro atoms. The smallest absolute Gasteiger partial charge is 0.248 e. The molecule has 48 heavy (non-hydrogen) atoms. The Kier molecular flexibility index (Phi) is 9.90. The molecule has 0 saturated carbocycles. The van der Waals surface area contributed by atoms with Gasteiger partial charge >= 0.3 is 0 Å². The number of aromatic nitrogens is 6. The molecule has 1 aliphatic heterocycles. The van der Waals surface area contributed by atoms with Crippen LogP contribution in [0.3, 0.4) is 0 Å². The summed E-state index contributed by atoms with van der Waals surface area (Å²) < 4.78 is 37.2. The highest BCUT2D eigenvalue weighted by Gasteiger charge is 2.35. The Labute approximate surface area is 285 Å². The van der Waals surface area contributed by atoms with Gasteiger partial charge in [0.2, 0.25) is 15.9 Å². The summed E-state index contributed by atoms with van der Waals surface area (Å²) in [7, 11) is -3.89. The van der Waals surface area contributed by atoms with Gasteiger partial charge in [0, 0.05) is 50.4 Å². The number of Topliss-reactive ketones (excluding diaryl/α,β-unsaturated/α-hetero) is 1. The van der Waals surface area contributed by atoms with Crippen molar-refractivity contribution in [2.75, 3.05) is 12.8 Å². The zero-order valence-corrected chi connectivity index (χ0v) is 29.4. The molecule has 3 aromatic heterocycles. The third kappa shape index (κ3) is 6.71. The molecule has 6 rings (SSSR count). The molecule has 1 aliphatic rings. The topological polar surface area (TPSA) is 133 Å². The van der Waals surface area contributed by atoms with E-state index in [0.29, 0.717) is 18.1 Å². The van der Waals surface area contributed by atoms with Gasteiger partial charge in [-0.3, -0.25) is 4.79 Å². The van der Waals surface area contributed by atoms with Gasteiger partial charge in [0.1, 0.15) is 22.3 Å². The van der Waals surface area contributed by atoms with Crippen molar-refractivity contribution in [2.24, 2.45) is 0 Å². The maximum Gasteiger partial charge on any atom is 0.248 e. The van der Waals surface area contributed by atoms with E-state index in [1.165, 1.54) is 16.1 Å². The van der Waals surface area contributed by atoms with Gasteiger partial charge in [-0.15, -0.1) is 5.10 Å². The van der Waals surface area contributed by atoms with Crippen molar-refractivity contribution >= 4 is 38.6 Å². The van der Waals surface area contributed by atoms with Crippen LogP contribution in [0.1, 0.15) is 66.0 Å². The van der Waals surface area contributed by atoms with Crippen LogP contribution < -0.4 is 4.74 Å². The largest absolute Gasteiger partial charge is 0.472 e. The first-order valence-electron chi connectivity index (χ1n) is 16.0. The van der Waals surface area contributed by atoms with E-state index in [4.69, 9.17) is 4.74 Å². The summed E-state index contributed by atoms with van der Waals surface area (Å²) in [5.41, 5.74) is 7.16. The Morgan fingerprint density at radius 1 is 1.08 bits per heavy atom. The SMILES string of the molecule is CC[C@@H]1CN(Cc2cc([C@H](CC(=O)Cc3cnc(SC)nc3)c3ccc4c(nnn4CC)c3C)ccc2C)S(=O)(=O)c2cccnc2O1. The summed E-state index contributed by atoms with van der Waals surface area (Å²) in [6.45, 7) is 9.04. The van der Waals surface area contributed by atoms with Crippen LogP contribution in [0.5, 0.6) is 5.88 Å². The Hall–Kier alpha value is -4.20. The van der Waals surface area contributed by atoms with Gasteiger partial charge in [0.05, 0.1) is 12.1 Å². The molecule has 13 heteroatoms. The monoisotopic (exact) mass is 685 g/mol. The number of benzene rings is 2. The molecule has 4 heterocycles. The first-order valence-corrected chi connectivity index (χ1v) is 18.7. The number of thioether (sulfide) groups is 1. The van der Waals surface area contributed by atoms with Crippen LogP contribution >= 0.6 is 11.8 Å². The molecule has 0 amide bonds. The summed E-state index contributed by atoms with van der Waals surface area (Å²) in [4.78, 5) is 26.7. The number of nitrogens with zero attached hydrogens (tertiary/aromatic N) is 7. The first kappa shape index (κ1) is 33.7. The Bertz CT molecular complexity index is 2070. The molecule has 2 aromatic carbocycles. The number of aryl methyl sites for hydroxylation is 3. The van der Waals surface area contributed by atoms with Crippen molar-refractivity contribution in [1.29, 1.82) is 0 Å². The lowest BCUT2D eigenvalue weighted by Crippen LogP contribution is -2.36. The first-order chi connectivity index (χ1) is 23.1. The molecule has 2 atom stereocenters. The molecule has 0 aliphatic carbocycles. The van der Waals surface area contributed by atoms with E-state index >= 15 is 0 Å². The fraction of sp³-hybridized carbons (Fsp3) is 0.371. The van der Waals surface area contributed by atoms with Gasteiger partial charge < -0.3 is 4.74 Å². The summed E-state index contributed by atoms with van der Waals surface area (Å²) in [6.07, 6.45) is 7.58.